The Balaban J connectivity index is 1.72. The molecule has 0 spiro atoms. The number of benzene rings is 1. The van der Waals surface area contributed by atoms with Crippen LogP contribution in [0.3, 0.4) is 0 Å². The maximum atomic E-state index is 11.7. The first-order chi connectivity index (χ1) is 8.83. The average Bonchev–Trinajstić information content (AvgIpc) is 2.87. The van der Waals surface area contributed by atoms with E-state index in [1.54, 1.807) is 18.2 Å². The first-order valence-corrected chi connectivity index (χ1v) is 5.39. The lowest BCUT2D eigenvalue weighted by atomic mass is 10.3. The van der Waals surface area contributed by atoms with Crippen molar-refractivity contribution in [2.75, 3.05) is 20.0 Å². The van der Waals surface area contributed by atoms with Crippen molar-refractivity contribution in [2.45, 2.75) is 0 Å². The van der Waals surface area contributed by atoms with Crippen LogP contribution in [0.25, 0.3) is 0 Å². The van der Waals surface area contributed by atoms with Crippen molar-refractivity contribution in [3.63, 3.8) is 0 Å². The third-order valence-electron chi connectivity index (χ3n) is 2.40. The van der Waals surface area contributed by atoms with Crippen molar-refractivity contribution in [2.24, 2.45) is 0 Å². The maximum absolute atomic E-state index is 11.7. The molecule has 0 bridgehead atoms. The fourth-order valence-corrected chi connectivity index (χ4v) is 1.57. The van der Waals surface area contributed by atoms with Crippen molar-refractivity contribution in [3.05, 3.63) is 30.2 Å². The van der Waals surface area contributed by atoms with Crippen LogP contribution in [0.5, 0.6) is 17.2 Å². The lowest BCUT2D eigenvalue weighted by Crippen LogP contribution is -2.19. The van der Waals surface area contributed by atoms with Gasteiger partial charge in [0, 0.05) is 6.07 Å². The van der Waals surface area contributed by atoms with E-state index in [9.17, 15) is 4.79 Å². The van der Waals surface area contributed by atoms with Crippen LogP contribution >= 0.6 is 0 Å². The number of esters is 1. The molecule has 0 radical (unpaired) electrons. The van der Waals surface area contributed by atoms with Gasteiger partial charge in [-0.05, 0) is 12.1 Å². The van der Waals surface area contributed by atoms with Crippen LogP contribution in [0.1, 0.15) is 0 Å². The normalized spacial score (nSPS) is 16.3. The topological polar surface area (TPSA) is 63.2 Å². The van der Waals surface area contributed by atoms with E-state index in [1.165, 1.54) is 6.26 Å². The van der Waals surface area contributed by atoms with Gasteiger partial charge in [0.25, 0.3) is 0 Å². The molecule has 6 nitrogen and oxygen atoms in total. The van der Waals surface area contributed by atoms with Crippen LogP contribution in [0.4, 0.5) is 0 Å². The van der Waals surface area contributed by atoms with Crippen LogP contribution in [0.2, 0.25) is 0 Å². The average molecular weight is 250 g/mol. The highest BCUT2D eigenvalue weighted by Gasteiger charge is 2.19. The minimum Gasteiger partial charge on any atom is -0.493 e. The molecule has 0 amide bonds. The van der Waals surface area contributed by atoms with Gasteiger partial charge in [0.2, 0.25) is 12.6 Å². The van der Waals surface area contributed by atoms with Gasteiger partial charge in [-0.1, -0.05) is 0 Å². The fourth-order valence-electron chi connectivity index (χ4n) is 1.57. The molecular weight excluding hydrogens is 240 g/mol. The molecule has 0 N–H and O–H groups in total. The molecule has 0 saturated carbocycles. The molecule has 0 unspecified atom stereocenters. The van der Waals surface area contributed by atoms with Gasteiger partial charge in [-0.3, -0.25) is 0 Å². The van der Waals surface area contributed by atoms with E-state index in [2.05, 4.69) is 0 Å². The van der Waals surface area contributed by atoms with Gasteiger partial charge in [-0.2, -0.15) is 0 Å². The highest BCUT2D eigenvalue weighted by molar-refractivity contribution is 5.88. The number of ether oxygens (including phenoxy) is 5. The summed E-state index contributed by atoms with van der Waals surface area (Å²) in [6.45, 7) is 0.942. The van der Waals surface area contributed by atoms with Gasteiger partial charge in [0.15, 0.2) is 11.5 Å². The first kappa shape index (κ1) is 10.8. The molecule has 1 aromatic carbocycles. The van der Waals surface area contributed by atoms with Gasteiger partial charge < -0.3 is 23.7 Å². The summed E-state index contributed by atoms with van der Waals surface area (Å²) < 4.78 is 25.6. The molecule has 2 aliphatic rings. The zero-order valence-corrected chi connectivity index (χ0v) is 9.38. The van der Waals surface area contributed by atoms with Crippen LogP contribution < -0.4 is 14.2 Å². The molecule has 3 rings (SSSR count). The molecule has 0 fully saturated rings. The second kappa shape index (κ2) is 4.48. The highest BCUT2D eigenvalue weighted by atomic mass is 16.7. The van der Waals surface area contributed by atoms with E-state index < -0.39 is 5.97 Å². The molecule has 2 aliphatic heterocycles. The number of rotatable bonds is 2. The van der Waals surface area contributed by atoms with E-state index in [0.29, 0.717) is 30.5 Å². The van der Waals surface area contributed by atoms with Crippen LogP contribution in [-0.2, 0) is 14.3 Å². The SMILES string of the molecule is O=C(Oc1ccc2c(c1)OCO2)C1=COCCO1. The lowest BCUT2D eigenvalue weighted by molar-refractivity contribution is -0.135. The Bertz CT molecular complexity index is 507. The van der Waals surface area contributed by atoms with E-state index in [0.717, 1.165) is 0 Å². The molecule has 2 heterocycles. The summed E-state index contributed by atoms with van der Waals surface area (Å²) in [5.41, 5.74) is 0. The molecular formula is C12H10O6. The molecule has 6 heteroatoms. The summed E-state index contributed by atoms with van der Waals surface area (Å²) in [4.78, 5) is 11.7. The molecule has 0 saturated heterocycles. The Hall–Kier alpha value is -2.37. The van der Waals surface area contributed by atoms with E-state index in [1.807, 2.05) is 0 Å². The third kappa shape index (κ3) is 2.04. The predicted octanol–water partition coefficient (Wildman–Crippen LogP) is 1.21. The van der Waals surface area contributed by atoms with Crippen molar-refractivity contribution < 1.29 is 28.5 Å². The summed E-state index contributed by atoms with van der Waals surface area (Å²) in [7, 11) is 0. The number of fused-ring (bicyclic) bond motifs is 1. The first-order valence-electron chi connectivity index (χ1n) is 5.39. The van der Waals surface area contributed by atoms with Gasteiger partial charge in [0.1, 0.15) is 25.2 Å². The second-order valence-corrected chi connectivity index (χ2v) is 3.61. The van der Waals surface area contributed by atoms with Crippen molar-refractivity contribution in [3.8, 4) is 17.2 Å². The van der Waals surface area contributed by atoms with Gasteiger partial charge in [-0.15, -0.1) is 0 Å². The predicted molar refractivity (Wildman–Crippen MR) is 58.2 cm³/mol. The minimum absolute atomic E-state index is 0.0546. The monoisotopic (exact) mass is 250 g/mol. The molecule has 0 atom stereocenters. The summed E-state index contributed by atoms with van der Waals surface area (Å²) in [5.74, 6) is 0.994. The summed E-state index contributed by atoms with van der Waals surface area (Å²) >= 11 is 0. The van der Waals surface area contributed by atoms with Gasteiger partial charge in [0.05, 0.1) is 0 Å². The van der Waals surface area contributed by atoms with Gasteiger partial charge >= 0.3 is 5.97 Å². The number of carbonyl (C=O) groups excluding carboxylic acids is 1. The van der Waals surface area contributed by atoms with Crippen molar-refractivity contribution in [1.29, 1.82) is 0 Å². The summed E-state index contributed by atoms with van der Waals surface area (Å²) in [5, 5.41) is 0. The Morgan fingerprint density at radius 2 is 2.00 bits per heavy atom. The number of hydrogen-bond donors (Lipinski definition) is 0. The zero-order chi connectivity index (χ0) is 12.4. The Morgan fingerprint density at radius 1 is 1.11 bits per heavy atom. The highest BCUT2D eigenvalue weighted by Crippen LogP contribution is 2.35. The second-order valence-electron chi connectivity index (χ2n) is 3.61. The molecule has 0 aromatic heterocycles. The molecule has 0 aliphatic carbocycles. The molecule has 94 valence electrons. The summed E-state index contributed by atoms with van der Waals surface area (Å²) in [6, 6.07) is 4.89. The fraction of sp³-hybridized carbons (Fsp3) is 0.250. The smallest absolute Gasteiger partial charge is 0.382 e. The van der Waals surface area contributed by atoms with Crippen molar-refractivity contribution >= 4 is 5.97 Å². The van der Waals surface area contributed by atoms with E-state index in [-0.39, 0.29) is 12.6 Å². The third-order valence-corrected chi connectivity index (χ3v) is 2.40. The Labute approximate surface area is 103 Å². The largest absolute Gasteiger partial charge is 0.493 e. The minimum atomic E-state index is -0.603. The van der Waals surface area contributed by atoms with Crippen LogP contribution in [0, 0.1) is 0 Å². The quantitative estimate of drug-likeness (QED) is 0.580. The zero-order valence-electron chi connectivity index (χ0n) is 9.38. The molecule has 1 aromatic rings. The number of carbonyl (C=O) groups is 1. The van der Waals surface area contributed by atoms with Crippen LogP contribution in [0.15, 0.2) is 30.2 Å². The summed E-state index contributed by atoms with van der Waals surface area (Å²) in [6.07, 6.45) is 1.25. The van der Waals surface area contributed by atoms with Crippen LogP contribution in [-0.4, -0.2) is 26.0 Å². The number of hydrogen-bond acceptors (Lipinski definition) is 6. The van der Waals surface area contributed by atoms with E-state index >= 15 is 0 Å². The maximum Gasteiger partial charge on any atom is 0.382 e. The van der Waals surface area contributed by atoms with Gasteiger partial charge in [-0.25, -0.2) is 4.79 Å². The Kier molecular flexibility index (Phi) is 2.68. The Morgan fingerprint density at radius 3 is 2.83 bits per heavy atom. The van der Waals surface area contributed by atoms with E-state index in [4.69, 9.17) is 23.7 Å². The van der Waals surface area contributed by atoms with Crippen molar-refractivity contribution in [1.82, 2.24) is 0 Å². The lowest BCUT2D eigenvalue weighted by Gasteiger charge is -2.14. The molecule has 18 heavy (non-hydrogen) atoms. The standard InChI is InChI=1S/C12H10O6/c13-12(11-6-14-3-4-15-11)18-8-1-2-9-10(5-8)17-7-16-9/h1-2,5-6H,3-4,7H2.